The van der Waals surface area contributed by atoms with Crippen LogP contribution in [0.3, 0.4) is 0 Å². The van der Waals surface area contributed by atoms with Gasteiger partial charge in [-0.3, -0.25) is 9.97 Å². The number of aromatic nitrogens is 2. The summed E-state index contributed by atoms with van der Waals surface area (Å²) < 4.78 is 0. The molecule has 0 saturated heterocycles. The van der Waals surface area contributed by atoms with Gasteiger partial charge in [-0.25, -0.2) is 0 Å². The van der Waals surface area contributed by atoms with E-state index < -0.39 is 17.2 Å². The summed E-state index contributed by atoms with van der Waals surface area (Å²) in [6, 6.07) is 12.1. The Kier molecular flexibility index (Phi) is 12.2. The molecule has 11 heteroatoms. The monoisotopic (exact) mass is 413 g/mol. The Morgan fingerprint density at radius 2 is 1.35 bits per heavy atom. The van der Waals surface area contributed by atoms with Crippen LogP contribution >= 0.6 is 0 Å². The molecule has 0 spiro atoms. The minimum absolute atomic E-state index is 0. The number of rotatable bonds is 1. The summed E-state index contributed by atoms with van der Waals surface area (Å²) in [7, 11) is 0. The fourth-order valence-corrected chi connectivity index (χ4v) is 1.68. The van der Waals surface area contributed by atoms with E-state index in [2.05, 4.69) is 34.2 Å². The fourth-order valence-electron chi connectivity index (χ4n) is 1.68. The van der Waals surface area contributed by atoms with Crippen LogP contribution in [-0.2, 0) is 27.3 Å². The number of carbonyl (C=O) groups is 1. The van der Waals surface area contributed by atoms with E-state index in [0.717, 1.165) is 28.7 Å². The van der Waals surface area contributed by atoms with E-state index in [1.807, 2.05) is 12.1 Å². The summed E-state index contributed by atoms with van der Waals surface area (Å²) in [6.45, 7) is 1.13. The molecule has 0 amide bonds. The molecular formula is C15H16CuN3O7+. The van der Waals surface area contributed by atoms with Crippen molar-refractivity contribution in [3.8, 4) is 0 Å². The van der Waals surface area contributed by atoms with Gasteiger partial charge in [0.1, 0.15) is 0 Å². The molecule has 0 aliphatic rings. The van der Waals surface area contributed by atoms with E-state index in [1.54, 1.807) is 12.4 Å². The van der Waals surface area contributed by atoms with Crippen LogP contribution in [-0.4, -0.2) is 32.2 Å². The predicted octanol–water partition coefficient (Wildman–Crippen LogP) is -0.263. The zero-order chi connectivity index (χ0) is 18.1. The van der Waals surface area contributed by atoms with Crippen molar-refractivity contribution in [3.05, 3.63) is 64.1 Å². The average Bonchev–Trinajstić information content (AvgIpc) is 2.55. The van der Waals surface area contributed by atoms with Crippen molar-refractivity contribution >= 4 is 27.8 Å². The molecule has 143 valence electrons. The molecule has 2 aromatic heterocycles. The molecule has 2 heterocycles. The van der Waals surface area contributed by atoms with Crippen molar-refractivity contribution in [1.82, 2.24) is 9.97 Å². The van der Waals surface area contributed by atoms with Gasteiger partial charge in [-0.05, 0) is 19.1 Å². The number of carboxylic acids is 1. The quantitative estimate of drug-likeness (QED) is 0.185. The van der Waals surface area contributed by atoms with E-state index in [9.17, 15) is 9.90 Å². The number of benzene rings is 1. The molecule has 4 N–H and O–H groups in total. The number of nitrogens with zero attached hydrogens (tertiary/aromatic N) is 3. The van der Waals surface area contributed by atoms with E-state index in [1.165, 1.54) is 0 Å². The summed E-state index contributed by atoms with van der Waals surface area (Å²) >= 11 is 0. The van der Waals surface area contributed by atoms with Gasteiger partial charge in [0.05, 0.1) is 28.2 Å². The third-order valence-corrected chi connectivity index (χ3v) is 2.69. The van der Waals surface area contributed by atoms with Crippen LogP contribution < -0.4 is 5.11 Å². The third kappa shape index (κ3) is 8.31. The maximum atomic E-state index is 9.34. The molecule has 0 aliphatic heterocycles. The van der Waals surface area contributed by atoms with Crippen LogP contribution in [0.2, 0.25) is 0 Å². The molecule has 0 unspecified atom stereocenters. The SMILES string of the molecule is C[C@@H](O)C(=O)[O-].O=[N+]([O-])[O-].[Cu+2].[OH3+].c1cnc2c(c1)ccc1cccnc12. The van der Waals surface area contributed by atoms with Crippen LogP contribution in [0.4, 0.5) is 0 Å². The first-order chi connectivity index (χ1) is 11.3. The topological polar surface area (TPSA) is 185 Å². The van der Waals surface area contributed by atoms with Gasteiger partial charge in [0, 0.05) is 23.2 Å². The summed E-state index contributed by atoms with van der Waals surface area (Å²) in [5.74, 6) is -1.44. The Balaban J connectivity index is 0. The van der Waals surface area contributed by atoms with E-state index >= 15 is 0 Å². The molecule has 26 heavy (non-hydrogen) atoms. The first-order valence-corrected chi connectivity index (χ1v) is 6.62. The molecule has 3 aromatic rings. The summed E-state index contributed by atoms with van der Waals surface area (Å²) in [4.78, 5) is 26.3. The normalized spacial score (nSPS) is 9.92. The number of hydrogen-bond donors (Lipinski definition) is 1. The molecule has 3 rings (SSSR count). The number of carbonyl (C=O) groups excluding carboxylic acids is 1. The zero-order valence-corrected chi connectivity index (χ0v) is 14.3. The van der Waals surface area contributed by atoms with Crippen molar-refractivity contribution in [2.75, 3.05) is 0 Å². The van der Waals surface area contributed by atoms with Gasteiger partial charge in [-0.15, -0.1) is 0 Å². The van der Waals surface area contributed by atoms with Gasteiger partial charge < -0.3 is 35.8 Å². The number of aliphatic hydroxyl groups is 1. The van der Waals surface area contributed by atoms with Crippen molar-refractivity contribution in [1.29, 1.82) is 0 Å². The van der Waals surface area contributed by atoms with Gasteiger partial charge in [0.15, 0.2) is 0 Å². The fraction of sp³-hybridized carbons (Fsp3) is 0.133. The summed E-state index contributed by atoms with van der Waals surface area (Å²) in [5, 5.41) is 34.3. The smallest absolute Gasteiger partial charge is 0.547 e. The standard InChI is InChI=1S/C12H8N2.C3H6O3.Cu.NO3.H2O/c1-3-9-5-6-10-4-2-8-14-12(10)11(9)13-7-1;1-2(4)3(5)6;;2-1(3)4;/h1-8H;2,4H,1H3,(H,5,6);;;1H2/q;;+2;-1;/t;2-;;;/m.1.../s1. The molecule has 0 aliphatic carbocycles. The number of fused-ring (bicyclic) bond motifs is 3. The first-order valence-electron chi connectivity index (χ1n) is 6.62. The molecule has 10 nitrogen and oxygen atoms in total. The molecule has 0 saturated carbocycles. The van der Waals surface area contributed by atoms with Crippen LogP contribution in [0.5, 0.6) is 0 Å². The zero-order valence-electron chi connectivity index (χ0n) is 13.4. The minimum Gasteiger partial charge on any atom is -0.547 e. The first kappa shape index (κ1) is 25.4. The number of aliphatic carboxylic acids is 1. The van der Waals surface area contributed by atoms with Crippen LogP contribution in [0.25, 0.3) is 21.8 Å². The number of pyridine rings is 2. The Morgan fingerprint density at radius 3 is 1.62 bits per heavy atom. The Labute approximate surface area is 158 Å². The Bertz CT molecular complexity index is 787. The minimum atomic E-state index is -1.75. The van der Waals surface area contributed by atoms with Crippen molar-refractivity contribution < 1.29 is 42.6 Å². The van der Waals surface area contributed by atoms with Gasteiger partial charge >= 0.3 is 17.1 Å². The average molecular weight is 414 g/mol. The maximum absolute atomic E-state index is 9.34. The van der Waals surface area contributed by atoms with E-state index in [4.69, 9.17) is 20.4 Å². The van der Waals surface area contributed by atoms with Gasteiger partial charge in [0.2, 0.25) is 0 Å². The number of carboxylic acid groups (broad SMARTS) is 1. The van der Waals surface area contributed by atoms with Crippen LogP contribution in [0, 0.1) is 15.3 Å². The molecule has 1 radical (unpaired) electrons. The second-order valence-corrected chi connectivity index (χ2v) is 4.43. The Morgan fingerprint density at radius 1 is 1.04 bits per heavy atom. The molecule has 0 bridgehead atoms. The molecular weight excluding hydrogens is 398 g/mol. The summed E-state index contributed by atoms with van der Waals surface area (Å²) in [5.41, 5.74) is 1.95. The van der Waals surface area contributed by atoms with Crippen LogP contribution in [0.1, 0.15) is 6.92 Å². The second kappa shape index (κ2) is 12.5. The van der Waals surface area contributed by atoms with Gasteiger partial charge in [-0.1, -0.05) is 24.3 Å². The molecule has 1 aromatic carbocycles. The third-order valence-electron chi connectivity index (χ3n) is 2.69. The molecule has 0 fully saturated rings. The van der Waals surface area contributed by atoms with Crippen molar-refractivity contribution in [3.63, 3.8) is 0 Å². The van der Waals surface area contributed by atoms with E-state index in [0.29, 0.717) is 0 Å². The molecule has 1 atom stereocenters. The van der Waals surface area contributed by atoms with Crippen molar-refractivity contribution in [2.45, 2.75) is 13.0 Å². The summed E-state index contributed by atoms with van der Waals surface area (Å²) in [6.07, 6.45) is 2.26. The largest absolute Gasteiger partial charge is 2.00 e. The van der Waals surface area contributed by atoms with Crippen LogP contribution in [0.15, 0.2) is 48.8 Å². The maximum Gasteiger partial charge on any atom is 2.00 e. The van der Waals surface area contributed by atoms with E-state index in [-0.39, 0.29) is 22.5 Å². The number of hydrogen-bond acceptors (Lipinski definition) is 8. The van der Waals surface area contributed by atoms with Crippen molar-refractivity contribution in [2.24, 2.45) is 0 Å². The number of aliphatic hydroxyl groups excluding tert-OH is 1. The second-order valence-electron chi connectivity index (χ2n) is 4.43. The predicted molar refractivity (Wildman–Crippen MR) is 89.0 cm³/mol. The van der Waals surface area contributed by atoms with Gasteiger partial charge in [-0.2, -0.15) is 0 Å². The Hall–Kier alpha value is -2.85. The van der Waals surface area contributed by atoms with Gasteiger partial charge in [0.25, 0.3) is 0 Å².